The average molecular weight is 207 g/mol. The zero-order valence-electron chi connectivity index (χ0n) is 8.68. The van der Waals surface area contributed by atoms with Gasteiger partial charge in [-0.3, -0.25) is 0 Å². The summed E-state index contributed by atoms with van der Waals surface area (Å²) in [6.07, 6.45) is 1.30. The largest absolute Gasteiger partial charge is 0.624 e. The van der Waals surface area contributed by atoms with Crippen LogP contribution in [-0.2, 0) is 0 Å². The lowest BCUT2D eigenvalue weighted by molar-refractivity contribution is -0.487. The van der Waals surface area contributed by atoms with E-state index in [0.717, 1.165) is 4.74 Å². The second-order valence-corrected chi connectivity index (χ2v) is 3.48. The molecule has 1 rings (SSSR count). The Morgan fingerprint density at radius 3 is 2.60 bits per heavy atom. The summed E-state index contributed by atoms with van der Waals surface area (Å²) >= 11 is 0. The molecule has 0 heterocycles. The Morgan fingerprint density at radius 2 is 2.07 bits per heavy atom. The summed E-state index contributed by atoms with van der Waals surface area (Å²) in [5.41, 5.74) is 0.563. The van der Waals surface area contributed by atoms with Gasteiger partial charge < -0.3 is 10.3 Å². The van der Waals surface area contributed by atoms with Gasteiger partial charge in [-0.1, -0.05) is 12.1 Å². The van der Waals surface area contributed by atoms with Gasteiger partial charge in [0.25, 0.3) is 0 Å². The van der Waals surface area contributed by atoms with Crippen LogP contribution in [0.2, 0.25) is 0 Å². The predicted molar refractivity (Wildman–Crippen MR) is 57.3 cm³/mol. The van der Waals surface area contributed by atoms with E-state index in [9.17, 15) is 10.0 Å². The minimum Gasteiger partial charge on any atom is -0.624 e. The van der Waals surface area contributed by atoms with Gasteiger partial charge in [0.2, 0.25) is 0 Å². The predicted octanol–water partition coefficient (Wildman–Crippen LogP) is 1.72. The summed E-state index contributed by atoms with van der Waals surface area (Å²) in [4.78, 5) is 10.8. The van der Waals surface area contributed by atoms with Crippen LogP contribution in [0.25, 0.3) is 0 Å². The molecule has 15 heavy (non-hydrogen) atoms. The molecule has 1 aromatic rings. The lowest BCUT2D eigenvalue weighted by atomic mass is 10.1. The monoisotopic (exact) mass is 207 g/mol. The van der Waals surface area contributed by atoms with Crippen LogP contribution in [0.15, 0.2) is 24.3 Å². The Balaban J connectivity index is 3.15. The SMILES string of the molecule is CC(C)[N+]([O-])=Cc1ccccc1C(=O)O. The van der Waals surface area contributed by atoms with Crippen LogP contribution in [0, 0.1) is 5.21 Å². The zero-order valence-corrected chi connectivity index (χ0v) is 8.68. The number of rotatable bonds is 3. The summed E-state index contributed by atoms with van der Waals surface area (Å²) in [5, 5.41) is 20.2. The highest BCUT2D eigenvalue weighted by atomic mass is 16.5. The summed E-state index contributed by atoms with van der Waals surface area (Å²) in [7, 11) is 0. The molecule has 0 unspecified atom stereocenters. The number of benzene rings is 1. The number of carbonyl (C=O) groups is 1. The van der Waals surface area contributed by atoms with Gasteiger partial charge >= 0.3 is 5.97 Å². The molecule has 0 spiro atoms. The van der Waals surface area contributed by atoms with E-state index in [1.54, 1.807) is 32.0 Å². The maximum atomic E-state index is 11.4. The molecule has 0 aliphatic heterocycles. The van der Waals surface area contributed by atoms with Crippen LogP contribution in [0.1, 0.15) is 29.8 Å². The molecule has 1 N–H and O–H groups in total. The van der Waals surface area contributed by atoms with E-state index < -0.39 is 5.97 Å². The summed E-state index contributed by atoms with van der Waals surface area (Å²) in [6.45, 7) is 3.49. The second-order valence-electron chi connectivity index (χ2n) is 3.48. The average Bonchev–Trinajstić information content (AvgIpc) is 2.18. The standard InChI is InChI=1S/C11H13NO3/c1-8(2)12(15)7-9-5-3-4-6-10(9)11(13)14/h3-8H,1-2H3,(H,13,14). The maximum absolute atomic E-state index is 11.4. The van der Waals surface area contributed by atoms with E-state index in [-0.39, 0.29) is 11.6 Å². The van der Waals surface area contributed by atoms with Crippen molar-refractivity contribution in [1.82, 2.24) is 0 Å². The molecule has 0 saturated heterocycles. The van der Waals surface area contributed by atoms with Gasteiger partial charge in [0, 0.05) is 0 Å². The van der Waals surface area contributed by atoms with E-state index >= 15 is 0 Å². The van der Waals surface area contributed by atoms with Crippen LogP contribution in [0.3, 0.4) is 0 Å². The van der Waals surface area contributed by atoms with E-state index in [1.807, 2.05) is 0 Å². The minimum absolute atomic E-state index is 0.138. The lowest BCUT2D eigenvalue weighted by Crippen LogP contribution is -2.16. The molecule has 0 fully saturated rings. The number of aromatic carboxylic acids is 1. The Kier molecular flexibility index (Phi) is 3.44. The fourth-order valence-electron chi connectivity index (χ4n) is 1.09. The van der Waals surface area contributed by atoms with E-state index in [2.05, 4.69) is 0 Å². The second kappa shape index (κ2) is 4.59. The van der Waals surface area contributed by atoms with Crippen molar-refractivity contribution in [3.63, 3.8) is 0 Å². The van der Waals surface area contributed by atoms with Gasteiger partial charge in [-0.15, -0.1) is 0 Å². The van der Waals surface area contributed by atoms with Crippen LogP contribution in [0.4, 0.5) is 0 Å². The van der Waals surface area contributed by atoms with Crippen LogP contribution < -0.4 is 0 Å². The van der Waals surface area contributed by atoms with E-state index in [4.69, 9.17) is 5.11 Å². The quantitative estimate of drug-likeness (QED) is 0.355. The van der Waals surface area contributed by atoms with Gasteiger partial charge in [-0.25, -0.2) is 9.53 Å². The zero-order chi connectivity index (χ0) is 11.4. The van der Waals surface area contributed by atoms with Crippen molar-refractivity contribution in [1.29, 1.82) is 0 Å². The maximum Gasteiger partial charge on any atom is 0.336 e. The Labute approximate surface area is 88.1 Å². The molecule has 4 heteroatoms. The first kappa shape index (κ1) is 11.2. The molecule has 0 aliphatic carbocycles. The normalized spacial score (nSPS) is 11.8. The van der Waals surface area contributed by atoms with Gasteiger partial charge in [0.1, 0.15) is 0 Å². The first-order valence-corrected chi connectivity index (χ1v) is 4.65. The third-order valence-corrected chi connectivity index (χ3v) is 1.97. The molecule has 1 aromatic carbocycles. The van der Waals surface area contributed by atoms with Crippen molar-refractivity contribution in [2.75, 3.05) is 0 Å². The molecule has 0 saturated carbocycles. The molecule has 0 aliphatic rings. The van der Waals surface area contributed by atoms with Crippen molar-refractivity contribution >= 4 is 12.2 Å². The van der Waals surface area contributed by atoms with Crippen LogP contribution >= 0.6 is 0 Å². The van der Waals surface area contributed by atoms with Crippen molar-refractivity contribution in [2.45, 2.75) is 19.9 Å². The number of carboxylic acids is 1. The molecule has 0 aromatic heterocycles. The molecular formula is C11H13NO3. The lowest BCUT2D eigenvalue weighted by Gasteiger charge is -2.07. The molecule has 0 radical (unpaired) electrons. The number of nitrogens with zero attached hydrogens (tertiary/aromatic N) is 1. The summed E-state index contributed by atoms with van der Waals surface area (Å²) in [5.74, 6) is -1.03. The molecule has 0 bridgehead atoms. The highest BCUT2D eigenvalue weighted by molar-refractivity contribution is 5.97. The van der Waals surface area contributed by atoms with Crippen LogP contribution in [-0.4, -0.2) is 28.1 Å². The number of hydrogen-bond donors (Lipinski definition) is 1. The van der Waals surface area contributed by atoms with Crippen molar-refractivity contribution in [2.24, 2.45) is 0 Å². The minimum atomic E-state index is -1.03. The molecule has 0 atom stereocenters. The summed E-state index contributed by atoms with van der Waals surface area (Å²) < 4.78 is 0.738. The number of hydrogen-bond acceptors (Lipinski definition) is 2. The van der Waals surface area contributed by atoms with Gasteiger partial charge in [-0.2, -0.15) is 0 Å². The molecular weight excluding hydrogens is 194 g/mol. The van der Waals surface area contributed by atoms with E-state index in [1.165, 1.54) is 12.3 Å². The third kappa shape index (κ3) is 2.80. The molecule has 0 amide bonds. The molecule has 80 valence electrons. The number of hydroxylamine groups is 1. The first-order chi connectivity index (χ1) is 7.02. The first-order valence-electron chi connectivity index (χ1n) is 4.65. The van der Waals surface area contributed by atoms with Gasteiger partial charge in [0.15, 0.2) is 12.3 Å². The van der Waals surface area contributed by atoms with Gasteiger partial charge in [-0.05, 0) is 26.0 Å². The smallest absolute Gasteiger partial charge is 0.336 e. The highest BCUT2D eigenvalue weighted by Gasteiger charge is 2.10. The van der Waals surface area contributed by atoms with Crippen LogP contribution in [0.5, 0.6) is 0 Å². The Morgan fingerprint density at radius 1 is 1.47 bits per heavy atom. The van der Waals surface area contributed by atoms with Crippen molar-refractivity contribution in [3.05, 3.63) is 40.6 Å². The topological polar surface area (TPSA) is 63.4 Å². The van der Waals surface area contributed by atoms with E-state index in [0.29, 0.717) is 5.56 Å². The fourth-order valence-corrected chi connectivity index (χ4v) is 1.09. The number of carboxylic acid groups (broad SMARTS) is 1. The fraction of sp³-hybridized carbons (Fsp3) is 0.273. The Bertz CT molecular complexity index is 397. The highest BCUT2D eigenvalue weighted by Crippen LogP contribution is 2.06. The van der Waals surface area contributed by atoms with Crippen molar-refractivity contribution in [3.8, 4) is 0 Å². The van der Waals surface area contributed by atoms with Crippen molar-refractivity contribution < 1.29 is 14.6 Å². The van der Waals surface area contributed by atoms with Gasteiger partial charge in [0.05, 0.1) is 11.1 Å². The third-order valence-electron chi connectivity index (χ3n) is 1.97. The summed E-state index contributed by atoms with van der Waals surface area (Å²) in [6, 6.07) is 6.21. The Hall–Kier alpha value is -1.84. The molecule has 4 nitrogen and oxygen atoms in total.